The normalized spacial score (nSPS) is 22.7. The number of nitrogens with one attached hydrogen (secondary N) is 10. The number of halogens is 1. The molecule has 0 saturated carbocycles. The Labute approximate surface area is 558 Å². The summed E-state index contributed by atoms with van der Waals surface area (Å²) in [6, 6.07) is -16.6. The summed E-state index contributed by atoms with van der Waals surface area (Å²) in [5.74, 6) is -19.9. The van der Waals surface area contributed by atoms with E-state index in [0.717, 1.165) is 64.9 Å². The van der Waals surface area contributed by atoms with Crippen LogP contribution in [0.2, 0.25) is 0 Å². The van der Waals surface area contributed by atoms with Crippen LogP contribution in [0.4, 0.5) is 4.79 Å². The number of rotatable bonds is 33. The number of hydrogen-bond donors (Lipinski definition) is 18. The molecular weight excluding hydrogens is 1300 g/mol. The van der Waals surface area contributed by atoms with E-state index in [1.54, 1.807) is 0 Å². The van der Waals surface area contributed by atoms with Gasteiger partial charge in [-0.25, -0.2) is 19.2 Å². The predicted molar refractivity (Wildman–Crippen MR) is 336 cm³/mol. The first kappa shape index (κ1) is 83.8. The third kappa shape index (κ3) is 31.1. The number of carbonyl (C=O) groups excluding carboxylic acids is 11. The van der Waals surface area contributed by atoms with Crippen molar-refractivity contribution in [3.05, 3.63) is 33.9 Å². The van der Waals surface area contributed by atoms with Crippen molar-refractivity contribution in [2.24, 2.45) is 11.5 Å². The molecule has 12 atom stereocenters. The second kappa shape index (κ2) is 45.2. The lowest BCUT2D eigenvalue weighted by molar-refractivity contribution is -0.155. The molecule has 1 aliphatic rings. The van der Waals surface area contributed by atoms with Crippen LogP contribution in [-0.4, -0.2) is 213 Å². The number of alkyl carbamates (subject to hydrolysis) is 1. The summed E-state index contributed by atoms with van der Waals surface area (Å²) in [7, 11) is 0. The number of carbonyl (C=O) groups is 13. The highest BCUT2D eigenvalue weighted by atomic mass is 35.5. The standard InChI is InChI=1S/C59H95ClN12O24/c1-5-7-8-9-10-11-12-13-14-15-16-19-33(74)26-42(76)64-39-29-93-57(90)45(40(75)28-60)71-55(87)46(47(79)56(88)89)72-48(80)34(6-2)65-54(86)44(31(3)73)70-51(83)37(22-25-63-58(91)94-30-41-32(4)95-59(92)96-41)68-49(81)35(20-17-18-23-61)66-52(84)38(27-43(77)78)69-50(82)36(21-24-62)67-53(39)85/h6,31,33,35-40,44-47,73-75,79H,5,7-30,61-62H2,1-4H3,(H,63,91)(H,64,76)(H,65,86)(H,66,84)(H,67,85)(H,68,81)(H,69,82)(H,70,83)(H,71,87)(H,72,80)(H,77,78)(H,88,89)/b34-6-/t31-,33+,35-,36+,37-,38-,39-,40+,44-,45-,46-,47-/m0/s1. The largest absolute Gasteiger partial charge is 0.519 e. The molecule has 20 N–H and O–H groups in total. The Morgan fingerprint density at radius 3 is 1.75 bits per heavy atom. The van der Waals surface area contributed by atoms with Crippen LogP contribution in [0, 0.1) is 6.92 Å². The number of nitrogens with two attached hydrogens (primary N) is 2. The number of aliphatic carboxylic acids is 2. The second-order valence-corrected chi connectivity index (χ2v) is 23.0. The molecule has 2 rings (SSSR count). The van der Waals surface area contributed by atoms with Gasteiger partial charge in [-0.3, -0.25) is 47.9 Å². The molecule has 0 radical (unpaired) electrons. The number of aliphatic hydroxyl groups excluding tert-OH is 4. The Kier molecular flexibility index (Phi) is 39.5. The highest BCUT2D eigenvalue weighted by Gasteiger charge is 2.41. The lowest BCUT2D eigenvalue weighted by atomic mass is 10.0. The van der Waals surface area contributed by atoms with Crippen molar-refractivity contribution in [1.82, 2.24) is 53.2 Å². The van der Waals surface area contributed by atoms with E-state index in [4.69, 9.17) is 41.4 Å². The summed E-state index contributed by atoms with van der Waals surface area (Å²) in [6.07, 6.45) is -0.181. The van der Waals surface area contributed by atoms with E-state index < -0.39 is 219 Å². The molecule has 0 unspecified atom stereocenters. The fourth-order valence-corrected chi connectivity index (χ4v) is 9.60. The number of esters is 1. The first-order valence-electron chi connectivity index (χ1n) is 31.7. The summed E-state index contributed by atoms with van der Waals surface area (Å²) in [5, 5.41) is 85.0. The predicted octanol–water partition coefficient (Wildman–Crippen LogP) is -3.56. The molecule has 0 aromatic carbocycles. The quantitative estimate of drug-likeness (QED) is 0.0140. The van der Waals surface area contributed by atoms with Crippen molar-refractivity contribution in [3.63, 3.8) is 0 Å². The van der Waals surface area contributed by atoms with Gasteiger partial charge in [-0.05, 0) is 72.4 Å². The van der Waals surface area contributed by atoms with Gasteiger partial charge in [-0.15, -0.1) is 11.6 Å². The number of aliphatic hydroxyl groups is 4. The Bertz CT molecular complexity index is 2840. The average Bonchev–Trinajstić information content (AvgIpc) is 1.22. The van der Waals surface area contributed by atoms with Crippen LogP contribution in [0.25, 0.3) is 0 Å². The number of amides is 10. The van der Waals surface area contributed by atoms with Gasteiger partial charge in [0, 0.05) is 6.54 Å². The fraction of sp³-hybridized carbons (Fsp3) is 0.695. The lowest BCUT2D eigenvalue weighted by Gasteiger charge is -2.29. The van der Waals surface area contributed by atoms with E-state index >= 15 is 0 Å². The SMILES string of the molecule is C/C=C1\NC(=O)[C@H]([C@H](C)O)NC(=O)[C@H](CCNC(=O)OCc2oc(=O)oc2C)NC(=O)[C@H](CCCCN)NC(=O)[C@H](CC(=O)O)NC(=O)[C@@H](CCN)NC(=O)[C@@H](NC(=O)C[C@H](O)CCCCCCCCCCCCC)COC(=O)[C@H]([C@H](O)CCl)NC(=O)[C@H]([C@H](O)C(=O)O)NC1=O. The van der Waals surface area contributed by atoms with Gasteiger partial charge in [-0.2, -0.15) is 0 Å². The molecule has 0 spiro atoms. The topological polar surface area (TPSA) is 577 Å². The van der Waals surface area contributed by atoms with E-state index in [1.807, 2.05) is 10.6 Å². The van der Waals surface area contributed by atoms with E-state index in [2.05, 4.69) is 49.5 Å². The van der Waals surface area contributed by atoms with Crippen molar-refractivity contribution in [2.75, 3.05) is 32.1 Å². The number of unbranched alkanes of at least 4 members (excludes halogenated alkanes) is 11. The van der Waals surface area contributed by atoms with E-state index in [1.165, 1.54) is 26.2 Å². The minimum absolute atomic E-state index is 0.0208. The number of allylic oxidation sites excluding steroid dienone is 1. The highest BCUT2D eigenvalue weighted by molar-refractivity contribution is 6.18. The minimum atomic E-state index is -2.88. The first-order valence-corrected chi connectivity index (χ1v) is 32.2. The molecule has 37 heteroatoms. The van der Waals surface area contributed by atoms with Crippen molar-refractivity contribution < 1.29 is 111 Å². The number of alkyl halides is 1. The van der Waals surface area contributed by atoms with Crippen molar-refractivity contribution in [3.8, 4) is 0 Å². The van der Waals surface area contributed by atoms with Crippen LogP contribution in [-0.2, 0) is 73.6 Å². The summed E-state index contributed by atoms with van der Waals surface area (Å²) in [6.45, 7) is 2.85. The number of carboxylic acid groups (broad SMARTS) is 2. The Morgan fingerprint density at radius 1 is 0.656 bits per heavy atom. The van der Waals surface area contributed by atoms with Gasteiger partial charge in [0.2, 0.25) is 47.3 Å². The van der Waals surface area contributed by atoms with Crippen LogP contribution in [0.5, 0.6) is 0 Å². The molecule has 542 valence electrons. The smallest absolute Gasteiger partial charge is 0.481 e. The van der Waals surface area contributed by atoms with Gasteiger partial charge in [0.25, 0.3) is 5.91 Å². The number of aryl methyl sites for hydroxylation is 1. The van der Waals surface area contributed by atoms with Crippen LogP contribution in [0.15, 0.2) is 25.4 Å². The molecule has 0 bridgehead atoms. The molecule has 0 aliphatic carbocycles. The van der Waals surface area contributed by atoms with Gasteiger partial charge in [0.15, 0.2) is 30.3 Å². The zero-order chi connectivity index (χ0) is 72.0. The monoisotopic (exact) mass is 1390 g/mol. The molecule has 36 nitrogen and oxygen atoms in total. The summed E-state index contributed by atoms with van der Waals surface area (Å²) in [5.41, 5.74) is 10.7. The summed E-state index contributed by atoms with van der Waals surface area (Å²) in [4.78, 5) is 189. The van der Waals surface area contributed by atoms with E-state index in [0.29, 0.717) is 6.42 Å². The minimum Gasteiger partial charge on any atom is -0.481 e. The van der Waals surface area contributed by atoms with Crippen molar-refractivity contribution in [1.29, 1.82) is 0 Å². The maximum absolute atomic E-state index is 14.4. The average molecular weight is 1390 g/mol. The maximum atomic E-state index is 14.4. The molecule has 1 aliphatic heterocycles. The van der Waals surface area contributed by atoms with Gasteiger partial charge in [0.05, 0.1) is 37.0 Å². The Hall–Kier alpha value is -8.29. The fourth-order valence-electron chi connectivity index (χ4n) is 9.42. The Morgan fingerprint density at radius 2 is 1.21 bits per heavy atom. The number of hydrogen-bond acceptors (Lipinski definition) is 24. The zero-order valence-corrected chi connectivity index (χ0v) is 55.0. The molecular formula is C59H95ClN12O24. The summed E-state index contributed by atoms with van der Waals surface area (Å²) >= 11 is 5.89. The van der Waals surface area contributed by atoms with Crippen LogP contribution in [0.1, 0.15) is 154 Å². The van der Waals surface area contributed by atoms with Crippen molar-refractivity contribution >= 4 is 88.8 Å². The molecule has 96 heavy (non-hydrogen) atoms. The number of carboxylic acids is 2. The number of ether oxygens (including phenoxy) is 2. The lowest BCUT2D eigenvalue weighted by Crippen LogP contribution is -2.62. The van der Waals surface area contributed by atoms with Crippen LogP contribution in [0.3, 0.4) is 0 Å². The van der Waals surface area contributed by atoms with Crippen LogP contribution >= 0.6 is 11.6 Å². The van der Waals surface area contributed by atoms with Crippen molar-refractivity contribution in [2.45, 2.75) is 229 Å². The number of cyclic esters (lactones) is 1. The zero-order valence-electron chi connectivity index (χ0n) is 54.2. The third-order valence-corrected chi connectivity index (χ3v) is 15.2. The van der Waals surface area contributed by atoms with Gasteiger partial charge in [-0.1, -0.05) is 83.6 Å². The van der Waals surface area contributed by atoms with Crippen LogP contribution < -0.4 is 70.5 Å². The molecule has 10 amide bonds. The van der Waals surface area contributed by atoms with Gasteiger partial charge in [0.1, 0.15) is 54.6 Å². The molecule has 1 saturated heterocycles. The second-order valence-electron chi connectivity index (χ2n) is 22.7. The van der Waals surface area contributed by atoms with E-state index in [9.17, 15) is 97.8 Å². The molecule has 1 fully saturated rings. The van der Waals surface area contributed by atoms with E-state index in [-0.39, 0.29) is 43.7 Å². The first-order chi connectivity index (χ1) is 45.5. The van der Waals surface area contributed by atoms with Gasteiger partial charge >= 0.3 is 29.8 Å². The third-order valence-electron chi connectivity index (χ3n) is 14.9. The van der Waals surface area contributed by atoms with Gasteiger partial charge < -0.3 is 114 Å². The highest BCUT2D eigenvalue weighted by Crippen LogP contribution is 2.15. The Balaban J connectivity index is 2.78. The molecule has 1 aromatic rings. The summed E-state index contributed by atoms with van der Waals surface area (Å²) < 4.78 is 19.9. The molecule has 1 aromatic heterocycles. The maximum Gasteiger partial charge on any atom is 0.519 e. The molecule has 2 heterocycles.